The van der Waals surface area contributed by atoms with E-state index >= 15 is 0 Å². The second kappa shape index (κ2) is 6.25. The van der Waals surface area contributed by atoms with Gasteiger partial charge >= 0.3 is 6.03 Å². The molecule has 1 aromatic heterocycles. The maximum absolute atomic E-state index is 11.9. The number of hydrogen-bond acceptors (Lipinski definition) is 4. The van der Waals surface area contributed by atoms with Crippen LogP contribution >= 0.6 is 0 Å². The highest BCUT2D eigenvalue weighted by atomic mass is 32.2. The number of aryl methyl sites for hydroxylation is 1. The van der Waals surface area contributed by atoms with Crippen molar-refractivity contribution in [1.82, 2.24) is 20.0 Å². The first-order chi connectivity index (χ1) is 9.48. The summed E-state index contributed by atoms with van der Waals surface area (Å²) < 4.78 is 24.6. The SMILES string of the molecule is CN(C(=O)NCCCn1cccn1)C1CCS(=O)(=O)C1. The van der Waals surface area contributed by atoms with Crippen LogP contribution in [0.15, 0.2) is 18.5 Å². The predicted molar refractivity (Wildman–Crippen MR) is 75.1 cm³/mol. The summed E-state index contributed by atoms with van der Waals surface area (Å²) in [5, 5.41) is 6.87. The average molecular weight is 300 g/mol. The summed E-state index contributed by atoms with van der Waals surface area (Å²) in [6.07, 6.45) is 4.90. The fourth-order valence-corrected chi connectivity index (χ4v) is 4.01. The molecule has 1 N–H and O–H groups in total. The minimum absolute atomic E-state index is 0.0736. The van der Waals surface area contributed by atoms with Crippen LogP contribution in [0.5, 0.6) is 0 Å². The van der Waals surface area contributed by atoms with Crippen molar-refractivity contribution in [3.05, 3.63) is 18.5 Å². The third-order valence-electron chi connectivity index (χ3n) is 3.48. The maximum Gasteiger partial charge on any atom is 0.317 e. The van der Waals surface area contributed by atoms with E-state index in [0.29, 0.717) is 13.0 Å². The molecule has 7 nitrogen and oxygen atoms in total. The van der Waals surface area contributed by atoms with Crippen LogP contribution in [-0.2, 0) is 16.4 Å². The first-order valence-electron chi connectivity index (χ1n) is 6.66. The molecule has 1 unspecified atom stereocenters. The summed E-state index contributed by atoms with van der Waals surface area (Å²) in [5.74, 6) is 0.249. The van der Waals surface area contributed by atoms with Crippen molar-refractivity contribution in [1.29, 1.82) is 0 Å². The molecule has 0 aliphatic carbocycles. The van der Waals surface area contributed by atoms with E-state index in [-0.39, 0.29) is 23.6 Å². The number of hydrogen-bond donors (Lipinski definition) is 1. The van der Waals surface area contributed by atoms with E-state index < -0.39 is 9.84 Å². The van der Waals surface area contributed by atoms with Crippen LogP contribution in [0.25, 0.3) is 0 Å². The number of nitrogens with zero attached hydrogens (tertiary/aromatic N) is 3. The Kier molecular flexibility index (Phi) is 4.64. The molecule has 0 aromatic carbocycles. The normalized spacial score (nSPS) is 20.8. The van der Waals surface area contributed by atoms with E-state index in [9.17, 15) is 13.2 Å². The smallest absolute Gasteiger partial charge is 0.317 e. The second-order valence-corrected chi connectivity index (χ2v) is 7.25. The topological polar surface area (TPSA) is 84.3 Å². The Morgan fingerprint density at radius 1 is 1.55 bits per heavy atom. The summed E-state index contributed by atoms with van der Waals surface area (Å²) in [4.78, 5) is 13.4. The number of rotatable bonds is 5. The zero-order valence-corrected chi connectivity index (χ0v) is 12.3. The highest BCUT2D eigenvalue weighted by molar-refractivity contribution is 7.91. The first kappa shape index (κ1) is 14.8. The van der Waals surface area contributed by atoms with Crippen molar-refractivity contribution in [3.8, 4) is 0 Å². The lowest BCUT2D eigenvalue weighted by Crippen LogP contribution is -2.44. The van der Waals surface area contributed by atoms with E-state index in [4.69, 9.17) is 0 Å². The van der Waals surface area contributed by atoms with Gasteiger partial charge in [-0.15, -0.1) is 0 Å². The van der Waals surface area contributed by atoms with E-state index in [2.05, 4.69) is 10.4 Å². The van der Waals surface area contributed by atoms with Gasteiger partial charge in [0.05, 0.1) is 11.5 Å². The Labute approximate surface area is 118 Å². The van der Waals surface area contributed by atoms with Gasteiger partial charge in [0.1, 0.15) is 0 Å². The highest BCUT2D eigenvalue weighted by Gasteiger charge is 2.32. The molecule has 1 atom stereocenters. The molecule has 2 heterocycles. The average Bonchev–Trinajstić information content (AvgIpc) is 3.02. The van der Waals surface area contributed by atoms with Gasteiger partial charge in [0.2, 0.25) is 0 Å². The highest BCUT2D eigenvalue weighted by Crippen LogP contribution is 2.16. The number of carbonyl (C=O) groups is 1. The van der Waals surface area contributed by atoms with Crippen molar-refractivity contribution in [2.45, 2.75) is 25.4 Å². The summed E-state index contributed by atoms with van der Waals surface area (Å²) in [5.41, 5.74) is 0. The van der Waals surface area contributed by atoms with Crippen LogP contribution in [-0.4, -0.2) is 60.3 Å². The van der Waals surface area contributed by atoms with Crippen molar-refractivity contribution in [3.63, 3.8) is 0 Å². The lowest BCUT2D eigenvalue weighted by molar-refractivity contribution is 0.195. The Morgan fingerprint density at radius 2 is 2.35 bits per heavy atom. The van der Waals surface area contributed by atoms with Gasteiger partial charge in [-0.1, -0.05) is 0 Å². The second-order valence-electron chi connectivity index (χ2n) is 5.02. The molecule has 20 heavy (non-hydrogen) atoms. The lowest BCUT2D eigenvalue weighted by Gasteiger charge is -2.23. The molecule has 1 aliphatic rings. The molecule has 2 amide bonds. The molecule has 112 valence electrons. The van der Waals surface area contributed by atoms with Gasteiger partial charge < -0.3 is 10.2 Å². The molecule has 2 rings (SSSR count). The molecule has 0 bridgehead atoms. The van der Waals surface area contributed by atoms with Gasteiger partial charge in [-0.05, 0) is 18.9 Å². The third-order valence-corrected chi connectivity index (χ3v) is 5.23. The van der Waals surface area contributed by atoms with Crippen LogP contribution < -0.4 is 5.32 Å². The van der Waals surface area contributed by atoms with Gasteiger partial charge in [0.25, 0.3) is 0 Å². The Hall–Kier alpha value is -1.57. The third kappa shape index (κ3) is 3.96. The summed E-state index contributed by atoms with van der Waals surface area (Å²) in [7, 11) is -1.31. The Bertz CT molecular complexity index is 541. The zero-order valence-electron chi connectivity index (χ0n) is 11.5. The number of urea groups is 1. The molecule has 0 spiro atoms. The first-order valence-corrected chi connectivity index (χ1v) is 8.48. The quantitative estimate of drug-likeness (QED) is 0.782. The summed E-state index contributed by atoms with van der Waals surface area (Å²) in [6.45, 7) is 1.29. The summed E-state index contributed by atoms with van der Waals surface area (Å²) in [6, 6.07) is 1.44. The number of carbonyl (C=O) groups excluding carboxylic acids is 1. The standard InChI is InChI=1S/C12H20N4O3S/c1-15(11-4-9-20(18,19)10-11)12(17)13-5-2-7-16-8-3-6-14-16/h3,6,8,11H,2,4-5,7,9-10H2,1H3,(H,13,17). The number of aromatic nitrogens is 2. The Balaban J connectivity index is 1.69. The molecule has 0 saturated carbocycles. The van der Waals surface area contributed by atoms with E-state index in [0.717, 1.165) is 13.0 Å². The van der Waals surface area contributed by atoms with Crippen LogP contribution in [0, 0.1) is 0 Å². The van der Waals surface area contributed by atoms with Crippen LogP contribution in [0.3, 0.4) is 0 Å². The van der Waals surface area contributed by atoms with E-state index in [1.807, 2.05) is 12.3 Å². The zero-order chi connectivity index (χ0) is 14.6. The molecular weight excluding hydrogens is 280 g/mol. The molecule has 0 radical (unpaired) electrons. The predicted octanol–water partition coefficient (Wildman–Crippen LogP) is 0.102. The molecule has 8 heteroatoms. The van der Waals surface area contributed by atoms with Gasteiger partial charge in [-0.3, -0.25) is 4.68 Å². The van der Waals surface area contributed by atoms with Crippen LogP contribution in [0.2, 0.25) is 0 Å². The summed E-state index contributed by atoms with van der Waals surface area (Å²) >= 11 is 0. The number of amides is 2. The van der Waals surface area contributed by atoms with E-state index in [1.54, 1.807) is 17.9 Å². The van der Waals surface area contributed by atoms with Gasteiger partial charge in [-0.25, -0.2) is 13.2 Å². The maximum atomic E-state index is 11.9. The van der Waals surface area contributed by atoms with Crippen molar-refractivity contribution in [2.75, 3.05) is 25.1 Å². The minimum atomic E-state index is -2.96. The van der Waals surface area contributed by atoms with E-state index in [1.165, 1.54) is 4.90 Å². The molecular formula is C12H20N4O3S. The number of sulfone groups is 1. The largest absolute Gasteiger partial charge is 0.338 e. The fourth-order valence-electron chi connectivity index (χ4n) is 2.24. The van der Waals surface area contributed by atoms with Gasteiger partial charge in [0.15, 0.2) is 9.84 Å². The molecule has 1 fully saturated rings. The van der Waals surface area contributed by atoms with Crippen LogP contribution in [0.1, 0.15) is 12.8 Å². The Morgan fingerprint density at radius 3 is 2.95 bits per heavy atom. The van der Waals surface area contributed by atoms with Gasteiger partial charge in [0, 0.05) is 38.6 Å². The minimum Gasteiger partial charge on any atom is -0.338 e. The fraction of sp³-hybridized carbons (Fsp3) is 0.667. The molecule has 1 saturated heterocycles. The molecule has 1 aliphatic heterocycles. The van der Waals surface area contributed by atoms with Crippen LogP contribution in [0.4, 0.5) is 4.79 Å². The van der Waals surface area contributed by atoms with Crippen molar-refractivity contribution < 1.29 is 13.2 Å². The van der Waals surface area contributed by atoms with Gasteiger partial charge in [-0.2, -0.15) is 5.10 Å². The monoisotopic (exact) mass is 300 g/mol. The lowest BCUT2D eigenvalue weighted by atomic mass is 10.2. The van der Waals surface area contributed by atoms with Crippen molar-refractivity contribution in [2.24, 2.45) is 0 Å². The number of nitrogens with one attached hydrogen (secondary N) is 1. The van der Waals surface area contributed by atoms with Crippen molar-refractivity contribution >= 4 is 15.9 Å². The molecule has 1 aromatic rings.